The van der Waals surface area contributed by atoms with Crippen molar-refractivity contribution >= 4 is 11.7 Å². The summed E-state index contributed by atoms with van der Waals surface area (Å²) in [6.07, 6.45) is 0.284. The number of fused-ring (bicyclic) bond motifs is 1. The fraction of sp³-hybridized carbons (Fsp3) is 0.500. The molecule has 2 aromatic rings. The number of hydrogen-bond donors (Lipinski definition) is 2. The van der Waals surface area contributed by atoms with Gasteiger partial charge in [-0.2, -0.15) is 0 Å². The maximum Gasteiger partial charge on any atom is 0.319 e. The van der Waals surface area contributed by atoms with Gasteiger partial charge in [-0.05, 0) is 32.4 Å². The number of halogens is 1. The number of carbonyl (C=O) groups is 1. The van der Waals surface area contributed by atoms with Crippen molar-refractivity contribution < 1.29 is 18.4 Å². The molecule has 0 saturated carbocycles. The number of ether oxygens (including phenoxy) is 1. The van der Waals surface area contributed by atoms with Crippen LogP contribution in [0.15, 0.2) is 22.7 Å². The Labute approximate surface area is 163 Å². The van der Waals surface area contributed by atoms with E-state index in [4.69, 9.17) is 9.26 Å². The maximum absolute atomic E-state index is 14.1. The molecule has 150 valence electrons. The third-order valence-corrected chi connectivity index (χ3v) is 5.51. The number of benzene rings is 1. The molecular formula is C20H25FN4O3. The summed E-state index contributed by atoms with van der Waals surface area (Å²) in [5.41, 5.74) is 3.59. The lowest BCUT2D eigenvalue weighted by Crippen LogP contribution is -2.41. The van der Waals surface area contributed by atoms with Crippen LogP contribution < -0.4 is 15.4 Å². The van der Waals surface area contributed by atoms with E-state index in [0.717, 1.165) is 40.4 Å². The van der Waals surface area contributed by atoms with E-state index in [1.807, 2.05) is 36.9 Å². The molecule has 0 unspecified atom stereocenters. The van der Waals surface area contributed by atoms with Gasteiger partial charge in [0.1, 0.15) is 17.7 Å². The molecule has 1 fully saturated rings. The third-order valence-electron chi connectivity index (χ3n) is 5.51. The highest BCUT2D eigenvalue weighted by Crippen LogP contribution is 2.31. The van der Waals surface area contributed by atoms with Gasteiger partial charge in [0.25, 0.3) is 0 Å². The highest BCUT2D eigenvalue weighted by Gasteiger charge is 2.33. The molecule has 1 aromatic carbocycles. The van der Waals surface area contributed by atoms with Gasteiger partial charge < -0.3 is 19.9 Å². The number of likely N-dealkylation sites (tertiary alicyclic amines) is 1. The second kappa shape index (κ2) is 7.79. The van der Waals surface area contributed by atoms with Crippen LogP contribution in [0.2, 0.25) is 0 Å². The van der Waals surface area contributed by atoms with Crippen LogP contribution in [0, 0.1) is 13.8 Å². The lowest BCUT2D eigenvalue weighted by molar-refractivity contribution is 0.223. The van der Waals surface area contributed by atoms with Crippen molar-refractivity contribution in [1.29, 1.82) is 0 Å². The number of nitrogens with one attached hydrogen (secondary N) is 2. The number of aromatic nitrogens is 1. The van der Waals surface area contributed by atoms with Crippen molar-refractivity contribution in [3.05, 3.63) is 40.8 Å². The number of rotatable bonds is 5. The maximum atomic E-state index is 14.1. The van der Waals surface area contributed by atoms with Crippen LogP contribution in [0.3, 0.4) is 0 Å². The van der Waals surface area contributed by atoms with Crippen molar-refractivity contribution in [3.8, 4) is 5.75 Å². The molecule has 2 aliphatic heterocycles. The van der Waals surface area contributed by atoms with E-state index >= 15 is 0 Å². The number of hydrogen-bond acceptors (Lipinski definition) is 5. The molecule has 0 aliphatic carbocycles. The number of urea groups is 1. The molecule has 1 saturated heterocycles. The average molecular weight is 388 g/mol. The van der Waals surface area contributed by atoms with Gasteiger partial charge in [-0.15, -0.1) is 0 Å². The van der Waals surface area contributed by atoms with Crippen molar-refractivity contribution in [3.63, 3.8) is 0 Å². The summed E-state index contributed by atoms with van der Waals surface area (Å²) in [6.45, 7) is 5.67. The second-order valence-corrected chi connectivity index (χ2v) is 7.43. The summed E-state index contributed by atoms with van der Waals surface area (Å²) in [6, 6.07) is 5.26. The molecule has 7 nitrogen and oxygen atoms in total. The fourth-order valence-corrected chi connectivity index (χ4v) is 3.98. The van der Waals surface area contributed by atoms with E-state index in [9.17, 15) is 9.18 Å². The minimum atomic E-state index is -0.898. The van der Waals surface area contributed by atoms with E-state index < -0.39 is 6.17 Å². The monoisotopic (exact) mass is 388 g/mol. The zero-order chi connectivity index (χ0) is 19.7. The molecule has 3 heterocycles. The molecule has 2 N–H and O–H groups in total. The first kappa shape index (κ1) is 18.7. The quantitative estimate of drug-likeness (QED) is 0.823. The first-order valence-electron chi connectivity index (χ1n) is 9.60. The summed E-state index contributed by atoms with van der Waals surface area (Å²) in [7, 11) is 0. The Bertz CT molecular complexity index is 850. The topological polar surface area (TPSA) is 79.6 Å². The van der Waals surface area contributed by atoms with E-state index in [-0.39, 0.29) is 12.1 Å². The zero-order valence-electron chi connectivity index (χ0n) is 16.1. The normalized spacial score (nSPS) is 21.4. The van der Waals surface area contributed by atoms with Crippen LogP contribution in [0.5, 0.6) is 5.75 Å². The largest absolute Gasteiger partial charge is 0.493 e. The number of carbonyl (C=O) groups excluding carboxylic acids is 1. The van der Waals surface area contributed by atoms with E-state index in [2.05, 4.69) is 15.8 Å². The fourth-order valence-electron chi connectivity index (χ4n) is 3.98. The van der Waals surface area contributed by atoms with Crippen molar-refractivity contribution in [2.24, 2.45) is 0 Å². The molecule has 8 heteroatoms. The number of nitrogens with zero attached hydrogens (tertiary/aromatic N) is 2. The van der Waals surface area contributed by atoms with Crippen LogP contribution >= 0.6 is 0 Å². The lowest BCUT2D eigenvalue weighted by Gasteiger charge is -2.24. The number of alkyl halides is 1. The Morgan fingerprint density at radius 3 is 3.04 bits per heavy atom. The van der Waals surface area contributed by atoms with Crippen molar-refractivity contribution in [1.82, 2.24) is 15.4 Å². The van der Waals surface area contributed by atoms with Crippen LogP contribution in [0.1, 0.15) is 29.0 Å². The van der Waals surface area contributed by atoms with Crippen molar-refractivity contribution in [2.45, 2.75) is 45.4 Å². The van der Waals surface area contributed by atoms with Gasteiger partial charge in [0, 0.05) is 48.9 Å². The molecule has 0 spiro atoms. The molecule has 28 heavy (non-hydrogen) atoms. The van der Waals surface area contributed by atoms with Gasteiger partial charge in [-0.1, -0.05) is 11.2 Å². The number of aryl methyl sites for hydroxylation is 2. The van der Waals surface area contributed by atoms with Gasteiger partial charge in [0.2, 0.25) is 0 Å². The van der Waals surface area contributed by atoms with E-state index in [1.165, 1.54) is 0 Å². The third kappa shape index (κ3) is 3.82. The average Bonchev–Trinajstić information content (AvgIpc) is 3.36. The highest BCUT2D eigenvalue weighted by molar-refractivity contribution is 5.90. The molecule has 2 amide bonds. The standard InChI is InChI=1S/C20H25FN4O3/c1-12-17(13(2)28-24-12)11-25-10-14(21)8-15(25)9-22-20(26)23-18-4-3-5-19-16(18)6-7-27-19/h3-5,14-15H,6-11H2,1-2H3,(H2,22,23,26)/t14-,15-/m0/s1. The smallest absolute Gasteiger partial charge is 0.319 e. The number of amides is 2. The zero-order valence-corrected chi connectivity index (χ0v) is 16.1. The van der Waals surface area contributed by atoms with Crippen LogP contribution in [-0.2, 0) is 13.0 Å². The van der Waals surface area contributed by atoms with Gasteiger partial charge in [-0.25, -0.2) is 9.18 Å². The predicted molar refractivity (Wildman–Crippen MR) is 102 cm³/mol. The van der Waals surface area contributed by atoms with Crippen LogP contribution in [0.4, 0.5) is 14.9 Å². The number of anilines is 1. The Hall–Kier alpha value is -2.61. The summed E-state index contributed by atoms with van der Waals surface area (Å²) in [4.78, 5) is 14.4. The second-order valence-electron chi connectivity index (χ2n) is 7.43. The van der Waals surface area contributed by atoms with Gasteiger partial charge >= 0.3 is 6.03 Å². The minimum Gasteiger partial charge on any atom is -0.493 e. The van der Waals surface area contributed by atoms with E-state index in [1.54, 1.807) is 0 Å². The Morgan fingerprint density at radius 2 is 2.25 bits per heavy atom. The molecule has 0 radical (unpaired) electrons. The van der Waals surface area contributed by atoms with Crippen molar-refractivity contribution in [2.75, 3.05) is 25.0 Å². The molecule has 0 bridgehead atoms. The highest BCUT2D eigenvalue weighted by atomic mass is 19.1. The predicted octanol–water partition coefficient (Wildman–Crippen LogP) is 2.96. The van der Waals surface area contributed by atoms with E-state index in [0.29, 0.717) is 32.7 Å². The first-order chi connectivity index (χ1) is 13.5. The SMILES string of the molecule is Cc1noc(C)c1CN1C[C@@H](F)C[C@H]1CNC(=O)Nc1cccc2c1CCO2. The van der Waals surface area contributed by atoms with Gasteiger partial charge in [0.15, 0.2) is 0 Å². The Morgan fingerprint density at radius 1 is 1.39 bits per heavy atom. The summed E-state index contributed by atoms with van der Waals surface area (Å²) >= 11 is 0. The van der Waals surface area contributed by atoms with Gasteiger partial charge in [0.05, 0.1) is 12.3 Å². The summed E-state index contributed by atoms with van der Waals surface area (Å²) < 4.78 is 24.8. The molecule has 4 rings (SSSR count). The first-order valence-corrected chi connectivity index (χ1v) is 9.60. The van der Waals surface area contributed by atoms with Gasteiger partial charge in [-0.3, -0.25) is 4.90 Å². The molecule has 2 aliphatic rings. The Balaban J connectivity index is 1.35. The molecule has 1 aromatic heterocycles. The van der Waals surface area contributed by atoms with Crippen LogP contribution in [-0.4, -0.2) is 48.0 Å². The van der Waals surface area contributed by atoms with Crippen LogP contribution in [0.25, 0.3) is 0 Å². The molecular weight excluding hydrogens is 363 g/mol. The summed E-state index contributed by atoms with van der Waals surface area (Å²) in [5, 5.41) is 9.74. The Kier molecular flexibility index (Phi) is 5.21. The minimum absolute atomic E-state index is 0.0701. The molecule has 2 atom stereocenters. The summed E-state index contributed by atoms with van der Waals surface area (Å²) in [5.74, 6) is 1.57. The lowest BCUT2D eigenvalue weighted by atomic mass is 10.1.